The topological polar surface area (TPSA) is 54.0 Å². The number of nitrogens with one attached hydrogen (secondary N) is 2. The van der Waals surface area contributed by atoms with Crippen LogP contribution in [0, 0.1) is 0 Å². The van der Waals surface area contributed by atoms with Crippen LogP contribution in [0.15, 0.2) is 11.6 Å². The van der Waals surface area contributed by atoms with Crippen molar-refractivity contribution in [3.8, 4) is 0 Å². The minimum absolute atomic E-state index is 0. The van der Waals surface area contributed by atoms with E-state index in [-0.39, 0.29) is 42.8 Å². The molecule has 19 heavy (non-hydrogen) atoms. The van der Waals surface area contributed by atoms with Gasteiger partial charge in [-0.3, -0.25) is 4.79 Å². The third-order valence-electron chi connectivity index (χ3n) is 3.10. The van der Waals surface area contributed by atoms with Crippen LogP contribution in [0.25, 0.3) is 0 Å². The van der Waals surface area contributed by atoms with Crippen molar-refractivity contribution in [2.75, 3.05) is 6.54 Å². The second-order valence-corrected chi connectivity index (χ2v) is 5.27. The van der Waals surface area contributed by atoms with E-state index in [1.165, 1.54) is 6.42 Å². The number of aromatic nitrogens is 1. The number of nitrogens with zero attached hydrogens (tertiary/aromatic N) is 1. The minimum atomic E-state index is -0.0160. The lowest BCUT2D eigenvalue weighted by atomic mass is 10.0. The summed E-state index contributed by atoms with van der Waals surface area (Å²) in [4.78, 5) is 16.3. The van der Waals surface area contributed by atoms with E-state index in [0.29, 0.717) is 0 Å². The molecule has 1 saturated heterocycles. The first-order valence-electron chi connectivity index (χ1n) is 6.24. The summed E-state index contributed by atoms with van der Waals surface area (Å²) in [5.74, 6) is 0.117. The molecule has 4 nitrogen and oxygen atoms in total. The van der Waals surface area contributed by atoms with Crippen molar-refractivity contribution in [2.24, 2.45) is 0 Å². The van der Waals surface area contributed by atoms with Gasteiger partial charge in [0.2, 0.25) is 5.91 Å². The average Bonchev–Trinajstić information content (AvgIpc) is 2.90. The van der Waals surface area contributed by atoms with E-state index in [1.807, 2.05) is 5.38 Å². The fourth-order valence-electron chi connectivity index (χ4n) is 2.09. The van der Waals surface area contributed by atoms with Crippen LogP contribution < -0.4 is 10.6 Å². The van der Waals surface area contributed by atoms with Gasteiger partial charge in [-0.1, -0.05) is 13.3 Å². The number of piperidine rings is 1. The monoisotopic (exact) mass is 325 g/mol. The van der Waals surface area contributed by atoms with Crippen molar-refractivity contribution in [1.82, 2.24) is 15.6 Å². The molecule has 1 aliphatic heterocycles. The summed E-state index contributed by atoms with van der Waals surface area (Å²) in [6.45, 7) is 3.02. The maximum Gasteiger partial charge on any atom is 0.237 e. The lowest BCUT2D eigenvalue weighted by molar-refractivity contribution is -0.124. The highest BCUT2D eigenvalue weighted by atomic mass is 35.5. The molecule has 2 N–H and O–H groups in total. The lowest BCUT2D eigenvalue weighted by Crippen LogP contribution is -2.47. The fourth-order valence-corrected chi connectivity index (χ4v) is 2.87. The first-order chi connectivity index (χ1) is 8.31. The number of amides is 1. The minimum Gasteiger partial charge on any atom is -0.346 e. The molecule has 2 heterocycles. The van der Waals surface area contributed by atoms with E-state index in [9.17, 15) is 4.79 Å². The van der Waals surface area contributed by atoms with Crippen LogP contribution in [0.3, 0.4) is 0 Å². The lowest BCUT2D eigenvalue weighted by Gasteiger charge is -2.24. The molecular weight excluding hydrogens is 305 g/mol. The van der Waals surface area contributed by atoms with Gasteiger partial charge < -0.3 is 10.6 Å². The van der Waals surface area contributed by atoms with Crippen LogP contribution >= 0.6 is 36.2 Å². The Balaban J connectivity index is 0.00000162. The van der Waals surface area contributed by atoms with Gasteiger partial charge in [-0.25, -0.2) is 4.98 Å². The quantitative estimate of drug-likeness (QED) is 0.894. The zero-order chi connectivity index (χ0) is 12.1. The predicted molar refractivity (Wildman–Crippen MR) is 83.4 cm³/mol. The Bertz CT molecular complexity index is 356. The molecular formula is C12H21Cl2N3OS. The Morgan fingerprint density at radius 3 is 2.89 bits per heavy atom. The maximum atomic E-state index is 12.1. The van der Waals surface area contributed by atoms with E-state index in [0.717, 1.165) is 30.8 Å². The molecule has 7 heteroatoms. The molecule has 1 aromatic heterocycles. The number of carbonyl (C=O) groups excluding carboxylic acids is 1. The largest absolute Gasteiger partial charge is 0.346 e. The van der Waals surface area contributed by atoms with Gasteiger partial charge in [-0.2, -0.15) is 0 Å². The molecule has 1 aromatic rings. The molecule has 0 aliphatic carbocycles. The van der Waals surface area contributed by atoms with Crippen molar-refractivity contribution in [2.45, 2.75) is 44.7 Å². The molecule has 0 radical (unpaired) electrons. The average molecular weight is 326 g/mol. The third-order valence-corrected chi connectivity index (χ3v) is 3.99. The second kappa shape index (κ2) is 9.53. The molecule has 0 saturated carbocycles. The van der Waals surface area contributed by atoms with E-state index < -0.39 is 0 Å². The molecule has 1 amide bonds. The van der Waals surface area contributed by atoms with Crippen molar-refractivity contribution < 1.29 is 4.79 Å². The predicted octanol–water partition coefficient (Wildman–Crippen LogP) is 2.70. The van der Waals surface area contributed by atoms with Crippen molar-refractivity contribution in [3.05, 3.63) is 16.6 Å². The standard InChI is InChI=1S/C12H19N3OS.2ClH/c1-2-9(12-14-7-8-17-12)15-11(16)10-5-3-4-6-13-10;;/h7-10,13H,2-6H2,1H3,(H,15,16);2*1H/t9?,10-;;/m1../s1. The molecule has 2 rings (SSSR count). The zero-order valence-corrected chi connectivity index (χ0v) is 13.4. The highest BCUT2D eigenvalue weighted by molar-refractivity contribution is 7.09. The zero-order valence-electron chi connectivity index (χ0n) is 10.9. The highest BCUT2D eigenvalue weighted by Crippen LogP contribution is 2.19. The summed E-state index contributed by atoms with van der Waals surface area (Å²) in [5.41, 5.74) is 0. The molecule has 2 atom stereocenters. The third kappa shape index (κ3) is 5.26. The van der Waals surface area contributed by atoms with Crippen molar-refractivity contribution >= 4 is 42.1 Å². The molecule has 1 fully saturated rings. The first kappa shape index (κ1) is 18.6. The first-order valence-corrected chi connectivity index (χ1v) is 7.12. The van der Waals surface area contributed by atoms with Crippen LogP contribution in [0.2, 0.25) is 0 Å². The van der Waals surface area contributed by atoms with E-state index >= 15 is 0 Å². The summed E-state index contributed by atoms with van der Waals surface area (Å²) in [7, 11) is 0. The number of carbonyl (C=O) groups is 1. The van der Waals surface area contributed by atoms with Gasteiger partial charge in [-0.15, -0.1) is 36.2 Å². The van der Waals surface area contributed by atoms with Crippen LogP contribution in [0.1, 0.15) is 43.7 Å². The second-order valence-electron chi connectivity index (χ2n) is 4.34. The molecule has 0 bridgehead atoms. The van der Waals surface area contributed by atoms with Gasteiger partial charge in [-0.05, 0) is 25.8 Å². The van der Waals surface area contributed by atoms with Crippen LogP contribution in [-0.2, 0) is 4.79 Å². The Hall–Kier alpha value is -0.360. The highest BCUT2D eigenvalue weighted by Gasteiger charge is 2.23. The van der Waals surface area contributed by atoms with Gasteiger partial charge in [0.05, 0.1) is 12.1 Å². The van der Waals surface area contributed by atoms with Gasteiger partial charge in [0, 0.05) is 11.6 Å². The summed E-state index contributed by atoms with van der Waals surface area (Å²) < 4.78 is 0. The van der Waals surface area contributed by atoms with Gasteiger partial charge >= 0.3 is 0 Å². The Labute approximate surface area is 130 Å². The molecule has 0 aromatic carbocycles. The molecule has 110 valence electrons. The van der Waals surface area contributed by atoms with E-state index in [4.69, 9.17) is 0 Å². The van der Waals surface area contributed by atoms with Crippen molar-refractivity contribution in [3.63, 3.8) is 0 Å². The number of halogens is 2. The molecule has 1 unspecified atom stereocenters. The summed E-state index contributed by atoms with van der Waals surface area (Å²) in [6.07, 6.45) is 5.92. The van der Waals surface area contributed by atoms with Crippen LogP contribution in [0.4, 0.5) is 0 Å². The maximum absolute atomic E-state index is 12.1. The SMILES string of the molecule is CCC(NC(=O)[C@H]1CCCCN1)c1nccs1.Cl.Cl. The smallest absolute Gasteiger partial charge is 0.237 e. The summed E-state index contributed by atoms with van der Waals surface area (Å²) >= 11 is 1.60. The number of rotatable bonds is 4. The molecule has 1 aliphatic rings. The summed E-state index contributed by atoms with van der Waals surface area (Å²) in [5, 5.41) is 9.29. The van der Waals surface area contributed by atoms with Crippen LogP contribution in [-0.4, -0.2) is 23.5 Å². The number of thiazole rings is 1. The van der Waals surface area contributed by atoms with Crippen molar-refractivity contribution in [1.29, 1.82) is 0 Å². The molecule has 0 spiro atoms. The van der Waals surface area contributed by atoms with E-state index in [2.05, 4.69) is 22.5 Å². The fraction of sp³-hybridized carbons (Fsp3) is 0.667. The van der Waals surface area contributed by atoms with Gasteiger partial charge in [0.1, 0.15) is 5.01 Å². The Morgan fingerprint density at radius 2 is 2.37 bits per heavy atom. The van der Waals surface area contributed by atoms with Gasteiger partial charge in [0.25, 0.3) is 0 Å². The van der Waals surface area contributed by atoms with Crippen LogP contribution in [0.5, 0.6) is 0 Å². The Kier molecular flexibility index (Phi) is 9.35. The van der Waals surface area contributed by atoms with E-state index in [1.54, 1.807) is 17.5 Å². The Morgan fingerprint density at radius 1 is 1.58 bits per heavy atom. The normalized spacial score (nSPS) is 19.7. The number of hydrogen-bond acceptors (Lipinski definition) is 4. The summed E-state index contributed by atoms with van der Waals surface area (Å²) in [6, 6.07) is 0.0454. The van der Waals surface area contributed by atoms with Gasteiger partial charge in [0.15, 0.2) is 0 Å². The number of hydrogen-bond donors (Lipinski definition) is 2.